The summed E-state index contributed by atoms with van der Waals surface area (Å²) >= 11 is 0. The predicted octanol–water partition coefficient (Wildman–Crippen LogP) is 2.72. The summed E-state index contributed by atoms with van der Waals surface area (Å²) in [7, 11) is 3.27. The van der Waals surface area contributed by atoms with Crippen molar-refractivity contribution in [2.24, 2.45) is 0 Å². The van der Waals surface area contributed by atoms with Crippen LogP contribution in [0, 0.1) is 0 Å². The van der Waals surface area contributed by atoms with Crippen molar-refractivity contribution in [1.29, 1.82) is 0 Å². The molecule has 0 aliphatic rings. The molecule has 0 aliphatic carbocycles. The third kappa shape index (κ3) is 5.47. The van der Waals surface area contributed by atoms with E-state index < -0.39 is 0 Å². The molecule has 2 aromatic rings. The van der Waals surface area contributed by atoms with Crippen LogP contribution in [-0.4, -0.2) is 32.6 Å². The molecule has 0 saturated carbocycles. The standard InChI is InChI=1S/C18H23NO4/c1-21-17-8-5-14(11-18(17)22-2)9-10-19-13-23-12-15-3-6-16(20)7-4-15/h3-8,11,19-20H,9-10,12-13H2,1-2H3. The fourth-order valence-electron chi connectivity index (χ4n) is 2.17. The second-order valence-corrected chi connectivity index (χ2v) is 5.10. The topological polar surface area (TPSA) is 60.0 Å². The van der Waals surface area contributed by atoms with Gasteiger partial charge in [-0.3, -0.25) is 5.32 Å². The van der Waals surface area contributed by atoms with E-state index in [1.54, 1.807) is 26.4 Å². The maximum atomic E-state index is 9.21. The van der Waals surface area contributed by atoms with Gasteiger partial charge in [-0.15, -0.1) is 0 Å². The normalized spacial score (nSPS) is 10.5. The van der Waals surface area contributed by atoms with Crippen LogP contribution in [0.3, 0.4) is 0 Å². The van der Waals surface area contributed by atoms with Crippen LogP contribution in [0.1, 0.15) is 11.1 Å². The quantitative estimate of drug-likeness (QED) is 0.550. The third-order valence-electron chi connectivity index (χ3n) is 3.45. The van der Waals surface area contributed by atoms with Crippen molar-refractivity contribution >= 4 is 0 Å². The van der Waals surface area contributed by atoms with E-state index in [4.69, 9.17) is 14.2 Å². The summed E-state index contributed by atoms with van der Waals surface area (Å²) in [5, 5.41) is 12.4. The van der Waals surface area contributed by atoms with Gasteiger partial charge in [0, 0.05) is 6.54 Å². The monoisotopic (exact) mass is 317 g/mol. The van der Waals surface area contributed by atoms with Gasteiger partial charge in [-0.1, -0.05) is 18.2 Å². The Bertz CT molecular complexity index is 598. The average molecular weight is 317 g/mol. The second-order valence-electron chi connectivity index (χ2n) is 5.10. The number of hydrogen-bond donors (Lipinski definition) is 2. The van der Waals surface area contributed by atoms with Crippen LogP contribution in [0.4, 0.5) is 0 Å². The van der Waals surface area contributed by atoms with Gasteiger partial charge in [0.05, 0.1) is 27.6 Å². The van der Waals surface area contributed by atoms with E-state index in [0.29, 0.717) is 13.3 Å². The number of benzene rings is 2. The minimum atomic E-state index is 0.266. The van der Waals surface area contributed by atoms with Crippen molar-refractivity contribution in [3.8, 4) is 17.2 Å². The van der Waals surface area contributed by atoms with E-state index in [0.717, 1.165) is 30.0 Å². The molecule has 0 bridgehead atoms. The van der Waals surface area contributed by atoms with Gasteiger partial charge < -0.3 is 19.3 Å². The summed E-state index contributed by atoms with van der Waals surface area (Å²) in [5.74, 6) is 1.75. The third-order valence-corrected chi connectivity index (χ3v) is 3.45. The fourth-order valence-corrected chi connectivity index (χ4v) is 2.17. The molecule has 2 rings (SSSR count). The molecular weight excluding hydrogens is 294 g/mol. The summed E-state index contributed by atoms with van der Waals surface area (Å²) in [6, 6.07) is 12.9. The van der Waals surface area contributed by atoms with Crippen LogP contribution >= 0.6 is 0 Å². The SMILES string of the molecule is COc1ccc(CCNCOCc2ccc(O)cc2)cc1OC. The van der Waals surface area contributed by atoms with Gasteiger partial charge in [0.1, 0.15) is 5.75 Å². The van der Waals surface area contributed by atoms with Gasteiger partial charge in [0.25, 0.3) is 0 Å². The number of ether oxygens (including phenoxy) is 3. The van der Waals surface area contributed by atoms with Crippen molar-refractivity contribution in [3.63, 3.8) is 0 Å². The lowest BCUT2D eigenvalue weighted by molar-refractivity contribution is 0.104. The first-order chi connectivity index (χ1) is 11.2. The largest absolute Gasteiger partial charge is 0.508 e. The van der Waals surface area contributed by atoms with E-state index in [1.165, 1.54) is 5.56 Å². The molecule has 0 aromatic heterocycles. The molecule has 2 aromatic carbocycles. The average Bonchev–Trinajstić information content (AvgIpc) is 2.59. The highest BCUT2D eigenvalue weighted by Crippen LogP contribution is 2.27. The molecule has 5 heteroatoms. The van der Waals surface area contributed by atoms with Gasteiger partial charge in [0.15, 0.2) is 11.5 Å². The predicted molar refractivity (Wildman–Crippen MR) is 89.0 cm³/mol. The van der Waals surface area contributed by atoms with Crippen molar-refractivity contribution in [2.75, 3.05) is 27.5 Å². The van der Waals surface area contributed by atoms with Crippen LogP contribution in [-0.2, 0) is 17.8 Å². The minimum absolute atomic E-state index is 0.266. The maximum Gasteiger partial charge on any atom is 0.160 e. The number of aromatic hydroxyl groups is 1. The Hall–Kier alpha value is -2.24. The van der Waals surface area contributed by atoms with E-state index >= 15 is 0 Å². The van der Waals surface area contributed by atoms with Crippen LogP contribution in [0.5, 0.6) is 17.2 Å². The number of methoxy groups -OCH3 is 2. The number of rotatable bonds is 9. The summed E-state index contributed by atoms with van der Waals surface area (Å²) in [4.78, 5) is 0. The molecule has 124 valence electrons. The van der Waals surface area contributed by atoms with Crippen LogP contribution in [0.25, 0.3) is 0 Å². The lowest BCUT2D eigenvalue weighted by atomic mass is 10.1. The number of hydrogen-bond acceptors (Lipinski definition) is 5. The summed E-state index contributed by atoms with van der Waals surface area (Å²) in [6.07, 6.45) is 0.878. The first-order valence-electron chi connectivity index (χ1n) is 7.50. The van der Waals surface area contributed by atoms with E-state index in [9.17, 15) is 5.11 Å². The fraction of sp³-hybridized carbons (Fsp3) is 0.333. The Morgan fingerprint density at radius 2 is 1.61 bits per heavy atom. The van der Waals surface area contributed by atoms with E-state index in [1.807, 2.05) is 30.3 Å². The molecule has 0 unspecified atom stereocenters. The second kappa shape index (κ2) is 9.02. The van der Waals surface area contributed by atoms with Crippen LogP contribution < -0.4 is 14.8 Å². The van der Waals surface area contributed by atoms with Gasteiger partial charge in [0.2, 0.25) is 0 Å². The van der Waals surface area contributed by atoms with Crippen molar-refractivity contribution in [2.45, 2.75) is 13.0 Å². The van der Waals surface area contributed by atoms with Gasteiger partial charge in [-0.05, 0) is 41.8 Å². The zero-order chi connectivity index (χ0) is 16.5. The minimum Gasteiger partial charge on any atom is -0.508 e. The Balaban J connectivity index is 1.66. The number of phenols is 1. The highest BCUT2D eigenvalue weighted by atomic mass is 16.5. The number of phenolic OH excluding ortho intramolecular Hbond substituents is 1. The lowest BCUT2D eigenvalue weighted by Crippen LogP contribution is -2.20. The molecule has 2 N–H and O–H groups in total. The molecule has 0 saturated heterocycles. The van der Waals surface area contributed by atoms with Crippen LogP contribution in [0.15, 0.2) is 42.5 Å². The number of nitrogens with one attached hydrogen (secondary N) is 1. The molecule has 0 fully saturated rings. The molecule has 0 heterocycles. The Labute approximate surface area is 136 Å². The zero-order valence-electron chi connectivity index (χ0n) is 13.5. The first kappa shape index (κ1) is 17.1. The Morgan fingerprint density at radius 1 is 0.913 bits per heavy atom. The van der Waals surface area contributed by atoms with Crippen molar-refractivity contribution < 1.29 is 19.3 Å². The highest BCUT2D eigenvalue weighted by Gasteiger charge is 2.04. The molecule has 0 radical (unpaired) electrons. The molecule has 0 aliphatic heterocycles. The molecule has 0 spiro atoms. The van der Waals surface area contributed by atoms with E-state index in [-0.39, 0.29) is 5.75 Å². The van der Waals surface area contributed by atoms with Gasteiger partial charge >= 0.3 is 0 Å². The van der Waals surface area contributed by atoms with Crippen LogP contribution in [0.2, 0.25) is 0 Å². The van der Waals surface area contributed by atoms with Gasteiger partial charge in [-0.2, -0.15) is 0 Å². The van der Waals surface area contributed by atoms with Crippen molar-refractivity contribution in [3.05, 3.63) is 53.6 Å². The summed E-state index contributed by atoms with van der Waals surface area (Å²) in [6.45, 7) is 1.81. The summed E-state index contributed by atoms with van der Waals surface area (Å²) in [5.41, 5.74) is 2.21. The smallest absolute Gasteiger partial charge is 0.160 e. The molecule has 23 heavy (non-hydrogen) atoms. The first-order valence-corrected chi connectivity index (χ1v) is 7.50. The van der Waals surface area contributed by atoms with E-state index in [2.05, 4.69) is 5.32 Å². The van der Waals surface area contributed by atoms with Gasteiger partial charge in [-0.25, -0.2) is 0 Å². The molecule has 5 nitrogen and oxygen atoms in total. The summed E-state index contributed by atoms with van der Waals surface area (Å²) < 4.78 is 16.1. The molecule has 0 amide bonds. The molecule has 0 atom stereocenters. The van der Waals surface area contributed by atoms with Crippen molar-refractivity contribution in [1.82, 2.24) is 5.32 Å². The Morgan fingerprint density at radius 3 is 2.30 bits per heavy atom. The zero-order valence-corrected chi connectivity index (χ0v) is 13.5. The molecular formula is C18H23NO4. The highest BCUT2D eigenvalue weighted by molar-refractivity contribution is 5.42. The Kier molecular flexibility index (Phi) is 6.72. The lowest BCUT2D eigenvalue weighted by Gasteiger charge is -2.10. The maximum absolute atomic E-state index is 9.21.